The molecule has 1 aliphatic rings. The molecule has 0 amide bonds. The van der Waals surface area contributed by atoms with Crippen LogP contribution in [0.1, 0.15) is 0 Å². The minimum absolute atomic E-state index is 2.44. The first-order valence-electron chi connectivity index (χ1n) is 2.28. The number of hydrogen-bond donors (Lipinski definition) is 0. The monoisotopic (exact) mass is 210 g/mol. The summed E-state index contributed by atoms with van der Waals surface area (Å²) >= 11 is 8.57. The van der Waals surface area contributed by atoms with Gasteiger partial charge >= 0.3 is 16.4 Å². The standard InChI is InChI=1S/C3Cl2F4N2/c4-2(6,7)1(10-11-1)3(5,8)9. The Bertz CT molecular complexity index is 182. The summed E-state index contributed by atoms with van der Waals surface area (Å²) in [6.07, 6.45) is 0. The van der Waals surface area contributed by atoms with Gasteiger partial charge in [-0.2, -0.15) is 17.6 Å². The van der Waals surface area contributed by atoms with Crippen LogP contribution >= 0.6 is 23.2 Å². The fourth-order valence-electron chi connectivity index (χ4n) is 0.437. The van der Waals surface area contributed by atoms with Crippen molar-refractivity contribution in [2.75, 3.05) is 0 Å². The van der Waals surface area contributed by atoms with Crippen molar-refractivity contribution in [3.05, 3.63) is 0 Å². The number of hydrogen-bond acceptors (Lipinski definition) is 2. The second kappa shape index (κ2) is 1.98. The number of rotatable bonds is 2. The van der Waals surface area contributed by atoms with Gasteiger partial charge in [-0.15, -0.1) is 10.2 Å². The van der Waals surface area contributed by atoms with Crippen LogP contribution in [0.2, 0.25) is 0 Å². The van der Waals surface area contributed by atoms with Crippen LogP contribution in [-0.4, -0.2) is 16.4 Å². The Kier molecular flexibility index (Phi) is 1.62. The van der Waals surface area contributed by atoms with Crippen molar-refractivity contribution in [1.29, 1.82) is 0 Å². The summed E-state index contributed by atoms with van der Waals surface area (Å²) in [6, 6.07) is 0. The van der Waals surface area contributed by atoms with Gasteiger partial charge in [-0.25, -0.2) is 0 Å². The fourth-order valence-corrected chi connectivity index (χ4v) is 0.874. The molecule has 0 aliphatic carbocycles. The smallest absolute Gasteiger partial charge is 0.183 e. The first-order valence-corrected chi connectivity index (χ1v) is 3.04. The Hall–Kier alpha value is -0.100. The summed E-state index contributed by atoms with van der Waals surface area (Å²) < 4.78 is 48.3. The third-order valence-corrected chi connectivity index (χ3v) is 1.62. The van der Waals surface area contributed by atoms with Gasteiger partial charge in [-0.3, -0.25) is 0 Å². The number of alkyl halides is 6. The van der Waals surface area contributed by atoms with Gasteiger partial charge in [0.25, 0.3) is 0 Å². The maximum atomic E-state index is 12.1. The molecule has 1 aliphatic heterocycles. The lowest BCUT2D eigenvalue weighted by molar-refractivity contribution is -0.0630. The van der Waals surface area contributed by atoms with Gasteiger partial charge in [0.2, 0.25) is 0 Å². The normalized spacial score (nSPS) is 22.0. The molecule has 0 fully saturated rings. The number of nitrogens with zero attached hydrogens (tertiary/aromatic N) is 2. The van der Waals surface area contributed by atoms with Crippen molar-refractivity contribution < 1.29 is 17.6 Å². The van der Waals surface area contributed by atoms with Crippen molar-refractivity contribution in [2.24, 2.45) is 10.2 Å². The van der Waals surface area contributed by atoms with E-state index in [1.54, 1.807) is 0 Å². The zero-order valence-electron chi connectivity index (χ0n) is 4.66. The molecule has 0 aromatic heterocycles. The highest BCUT2D eigenvalue weighted by molar-refractivity contribution is 6.26. The average molecular weight is 211 g/mol. The predicted octanol–water partition coefficient (Wildman–Crippen LogP) is 2.81. The van der Waals surface area contributed by atoms with E-state index >= 15 is 0 Å². The molecule has 11 heavy (non-hydrogen) atoms. The second-order valence-electron chi connectivity index (χ2n) is 1.87. The van der Waals surface area contributed by atoms with Crippen LogP contribution in [0, 0.1) is 0 Å². The van der Waals surface area contributed by atoms with Crippen LogP contribution in [0.5, 0.6) is 0 Å². The molecule has 0 unspecified atom stereocenters. The maximum absolute atomic E-state index is 12.1. The highest BCUT2D eigenvalue weighted by Gasteiger charge is 2.76. The van der Waals surface area contributed by atoms with E-state index in [9.17, 15) is 17.6 Å². The lowest BCUT2D eigenvalue weighted by Crippen LogP contribution is -2.44. The SMILES string of the molecule is FC(F)(Cl)C1(C(F)(F)Cl)N=N1. The van der Waals surface area contributed by atoms with Gasteiger partial charge in [0.1, 0.15) is 0 Å². The Labute approximate surface area is 68.2 Å². The lowest BCUT2D eigenvalue weighted by Gasteiger charge is -2.19. The van der Waals surface area contributed by atoms with Crippen molar-refractivity contribution >= 4 is 23.2 Å². The second-order valence-corrected chi connectivity index (χ2v) is 2.82. The van der Waals surface area contributed by atoms with E-state index in [0.29, 0.717) is 0 Å². The van der Waals surface area contributed by atoms with Crippen LogP contribution in [0.3, 0.4) is 0 Å². The van der Waals surface area contributed by atoms with Gasteiger partial charge in [0, 0.05) is 0 Å². The Morgan fingerprint density at radius 1 is 0.909 bits per heavy atom. The van der Waals surface area contributed by atoms with Crippen LogP contribution in [0.15, 0.2) is 10.2 Å². The van der Waals surface area contributed by atoms with E-state index in [1.165, 1.54) is 0 Å². The van der Waals surface area contributed by atoms with Gasteiger partial charge < -0.3 is 0 Å². The topological polar surface area (TPSA) is 24.7 Å². The largest absolute Gasteiger partial charge is 0.377 e. The Morgan fingerprint density at radius 2 is 1.18 bits per heavy atom. The molecule has 0 aromatic rings. The van der Waals surface area contributed by atoms with Crippen LogP contribution in [0.25, 0.3) is 0 Å². The van der Waals surface area contributed by atoms with Crippen LogP contribution in [0.4, 0.5) is 17.6 Å². The minimum atomic E-state index is -4.25. The first kappa shape index (κ1) is 8.99. The van der Waals surface area contributed by atoms with E-state index in [1.807, 2.05) is 0 Å². The van der Waals surface area contributed by atoms with E-state index in [2.05, 4.69) is 33.4 Å². The van der Waals surface area contributed by atoms with Crippen molar-refractivity contribution in [3.63, 3.8) is 0 Å². The van der Waals surface area contributed by atoms with E-state index < -0.39 is 16.4 Å². The maximum Gasteiger partial charge on any atom is 0.377 e. The van der Waals surface area contributed by atoms with Gasteiger partial charge in [0.05, 0.1) is 0 Å². The summed E-state index contributed by atoms with van der Waals surface area (Å²) in [6.45, 7) is 0. The highest BCUT2D eigenvalue weighted by atomic mass is 35.5. The first-order chi connectivity index (χ1) is 4.71. The van der Waals surface area contributed by atoms with E-state index in [0.717, 1.165) is 0 Å². The Balaban J connectivity index is 2.86. The van der Waals surface area contributed by atoms with Gasteiger partial charge in [-0.05, 0) is 23.2 Å². The van der Waals surface area contributed by atoms with Crippen LogP contribution < -0.4 is 0 Å². The molecule has 0 saturated carbocycles. The van der Waals surface area contributed by atoms with Gasteiger partial charge in [0.15, 0.2) is 0 Å². The predicted molar refractivity (Wildman–Crippen MR) is 29.2 cm³/mol. The molecule has 0 N–H and O–H groups in total. The third kappa shape index (κ3) is 1.18. The molecule has 0 aromatic carbocycles. The average Bonchev–Trinajstić information content (AvgIpc) is 2.31. The minimum Gasteiger partial charge on any atom is -0.183 e. The number of halogens is 6. The Morgan fingerprint density at radius 3 is 1.18 bits per heavy atom. The molecule has 1 heterocycles. The molecule has 0 saturated heterocycles. The lowest BCUT2D eigenvalue weighted by atomic mass is 10.2. The van der Waals surface area contributed by atoms with Crippen LogP contribution in [-0.2, 0) is 0 Å². The summed E-state index contributed by atoms with van der Waals surface area (Å²) in [4.78, 5) is 0. The fraction of sp³-hybridized carbons (Fsp3) is 1.00. The summed E-state index contributed by atoms with van der Waals surface area (Å²) in [5.41, 5.74) is -3.26. The summed E-state index contributed by atoms with van der Waals surface area (Å²) in [5.74, 6) is 0. The molecule has 64 valence electrons. The molecule has 0 atom stereocenters. The van der Waals surface area contributed by atoms with E-state index in [4.69, 9.17) is 0 Å². The van der Waals surface area contributed by atoms with Crippen molar-refractivity contribution in [2.45, 2.75) is 16.4 Å². The molecule has 1 rings (SSSR count). The van der Waals surface area contributed by atoms with E-state index in [-0.39, 0.29) is 0 Å². The molecular weight excluding hydrogens is 211 g/mol. The zero-order valence-corrected chi connectivity index (χ0v) is 6.17. The van der Waals surface area contributed by atoms with Crippen molar-refractivity contribution in [1.82, 2.24) is 0 Å². The molecule has 8 heteroatoms. The zero-order chi connectivity index (χ0) is 8.91. The molecule has 0 spiro atoms. The van der Waals surface area contributed by atoms with Crippen molar-refractivity contribution in [3.8, 4) is 0 Å². The quantitative estimate of drug-likeness (QED) is 0.495. The summed E-state index contributed by atoms with van der Waals surface area (Å²) in [7, 11) is 0. The molecule has 0 bridgehead atoms. The molecule has 2 nitrogen and oxygen atoms in total. The summed E-state index contributed by atoms with van der Waals surface area (Å²) in [5, 5.41) is -3.63. The third-order valence-electron chi connectivity index (χ3n) is 1.09. The molecular formula is C3Cl2F4N2. The molecule has 0 radical (unpaired) electrons. The highest BCUT2D eigenvalue weighted by Crippen LogP contribution is 2.56. The van der Waals surface area contributed by atoms with Gasteiger partial charge in [-0.1, -0.05) is 0 Å².